The van der Waals surface area contributed by atoms with E-state index in [1.54, 1.807) is 0 Å². The molecular weight excluding hydrogens is 216 g/mol. The lowest BCUT2D eigenvalue weighted by Crippen LogP contribution is -1.89. The van der Waals surface area contributed by atoms with Crippen molar-refractivity contribution in [2.24, 2.45) is 0 Å². The molecule has 0 saturated heterocycles. The van der Waals surface area contributed by atoms with Gasteiger partial charge in [0.25, 0.3) is 0 Å². The van der Waals surface area contributed by atoms with E-state index in [4.69, 9.17) is 0 Å². The molecule has 0 atom stereocenters. The fourth-order valence-corrected chi connectivity index (χ4v) is 2.06. The summed E-state index contributed by atoms with van der Waals surface area (Å²) in [5.41, 5.74) is 6.37. The summed E-state index contributed by atoms with van der Waals surface area (Å²) in [6.07, 6.45) is 1.94. The molecule has 0 aromatic heterocycles. The Morgan fingerprint density at radius 3 is 1.94 bits per heavy atom. The monoisotopic (exact) mass is 238 g/mol. The quantitative estimate of drug-likeness (QED) is 0.635. The lowest BCUT2D eigenvalue weighted by Gasteiger charge is -2.11. The molecular formula is C18H22. The molecule has 0 aliphatic carbocycles. The van der Waals surface area contributed by atoms with Crippen molar-refractivity contribution in [1.82, 2.24) is 0 Å². The first-order valence-electron chi connectivity index (χ1n) is 6.52. The molecule has 0 amide bonds. The minimum Gasteiger partial charge on any atom is -0.0984 e. The average Bonchev–Trinajstić information content (AvgIpc) is 2.41. The van der Waals surface area contributed by atoms with Crippen molar-refractivity contribution in [3.05, 3.63) is 65.7 Å². The Labute approximate surface area is 111 Å². The van der Waals surface area contributed by atoms with Gasteiger partial charge in [0, 0.05) is 0 Å². The van der Waals surface area contributed by atoms with Crippen LogP contribution in [0.3, 0.4) is 0 Å². The van der Waals surface area contributed by atoms with Crippen LogP contribution in [-0.2, 0) is 0 Å². The molecule has 0 nitrogen and oxygen atoms in total. The zero-order valence-electron chi connectivity index (χ0n) is 11.8. The minimum atomic E-state index is 1.23. The van der Waals surface area contributed by atoms with Gasteiger partial charge in [-0.3, -0.25) is 0 Å². The minimum absolute atomic E-state index is 1.23. The van der Waals surface area contributed by atoms with E-state index in [0.717, 1.165) is 0 Å². The smallest absolute Gasteiger partial charge is 0.0106 e. The first-order valence-corrected chi connectivity index (χ1v) is 6.52. The van der Waals surface area contributed by atoms with Crippen molar-refractivity contribution in [1.29, 1.82) is 0 Å². The van der Waals surface area contributed by atoms with Gasteiger partial charge in [0.1, 0.15) is 0 Å². The molecule has 0 unspecified atom stereocenters. The number of rotatable bonds is 2. The summed E-state index contributed by atoms with van der Waals surface area (Å²) in [6.45, 7) is 12.2. The van der Waals surface area contributed by atoms with E-state index in [1.807, 2.05) is 19.9 Å². The molecule has 0 aliphatic rings. The summed E-state index contributed by atoms with van der Waals surface area (Å²) in [4.78, 5) is 0. The summed E-state index contributed by atoms with van der Waals surface area (Å²) >= 11 is 0. The van der Waals surface area contributed by atoms with Crippen LogP contribution in [0.5, 0.6) is 0 Å². The molecule has 2 rings (SSSR count). The van der Waals surface area contributed by atoms with Crippen LogP contribution in [0.1, 0.15) is 30.5 Å². The average molecular weight is 238 g/mol. The van der Waals surface area contributed by atoms with Crippen LogP contribution < -0.4 is 0 Å². The largest absolute Gasteiger partial charge is 0.0984 e. The van der Waals surface area contributed by atoms with Gasteiger partial charge in [0.2, 0.25) is 0 Å². The Kier molecular flexibility index (Phi) is 5.38. The lowest BCUT2D eigenvalue weighted by molar-refractivity contribution is 1.41. The second-order valence-corrected chi connectivity index (χ2v) is 4.06. The predicted molar refractivity (Wildman–Crippen MR) is 82.8 cm³/mol. The summed E-state index contributed by atoms with van der Waals surface area (Å²) in [7, 11) is 0. The molecule has 0 heteroatoms. The van der Waals surface area contributed by atoms with Crippen molar-refractivity contribution >= 4 is 6.08 Å². The highest BCUT2D eigenvalue weighted by Gasteiger charge is 2.06. The second kappa shape index (κ2) is 6.80. The Balaban J connectivity index is 0.000000771. The maximum absolute atomic E-state index is 3.91. The molecule has 0 N–H and O–H groups in total. The van der Waals surface area contributed by atoms with Gasteiger partial charge in [-0.15, -0.1) is 0 Å². The Bertz CT molecular complexity index is 521. The maximum atomic E-state index is 3.91. The van der Waals surface area contributed by atoms with E-state index in [-0.39, 0.29) is 0 Å². The first kappa shape index (κ1) is 14.2. The topological polar surface area (TPSA) is 0 Å². The van der Waals surface area contributed by atoms with E-state index < -0.39 is 0 Å². The third kappa shape index (κ3) is 2.89. The molecule has 0 aliphatic heterocycles. The third-order valence-corrected chi connectivity index (χ3v) is 2.96. The molecule has 0 radical (unpaired) electrons. The number of hydrogen-bond acceptors (Lipinski definition) is 0. The van der Waals surface area contributed by atoms with Crippen LogP contribution in [0.2, 0.25) is 0 Å². The molecule has 18 heavy (non-hydrogen) atoms. The van der Waals surface area contributed by atoms with Crippen molar-refractivity contribution < 1.29 is 0 Å². The summed E-state index contributed by atoms with van der Waals surface area (Å²) in [6, 6.07) is 14.8. The fourth-order valence-electron chi connectivity index (χ4n) is 2.06. The first-order chi connectivity index (χ1) is 8.74. The van der Waals surface area contributed by atoms with Crippen LogP contribution in [0.25, 0.3) is 17.2 Å². The van der Waals surface area contributed by atoms with Crippen molar-refractivity contribution in [2.75, 3.05) is 0 Å². The van der Waals surface area contributed by atoms with Gasteiger partial charge in [-0.1, -0.05) is 69.0 Å². The van der Waals surface area contributed by atoms with Gasteiger partial charge in [0.05, 0.1) is 0 Å². The van der Waals surface area contributed by atoms with Crippen LogP contribution in [-0.4, -0.2) is 0 Å². The zero-order chi connectivity index (χ0) is 13.5. The summed E-state index contributed by atoms with van der Waals surface area (Å²) < 4.78 is 0. The molecule has 0 fully saturated rings. The van der Waals surface area contributed by atoms with Crippen LogP contribution >= 0.6 is 0 Å². The molecule has 94 valence electrons. The molecule has 0 heterocycles. The van der Waals surface area contributed by atoms with Gasteiger partial charge in [-0.2, -0.15) is 0 Å². The van der Waals surface area contributed by atoms with Crippen LogP contribution in [0.15, 0.2) is 49.0 Å². The van der Waals surface area contributed by atoms with Crippen molar-refractivity contribution in [3.8, 4) is 11.1 Å². The third-order valence-electron chi connectivity index (χ3n) is 2.96. The van der Waals surface area contributed by atoms with Crippen LogP contribution in [0, 0.1) is 13.8 Å². The predicted octanol–water partition coefficient (Wildman–Crippen LogP) is 5.64. The molecule has 0 bridgehead atoms. The molecule has 2 aromatic carbocycles. The normalized spacial score (nSPS) is 9.33. The van der Waals surface area contributed by atoms with E-state index in [1.165, 1.54) is 27.8 Å². The highest BCUT2D eigenvalue weighted by atomic mass is 14.1. The number of aryl methyl sites for hydroxylation is 2. The second-order valence-electron chi connectivity index (χ2n) is 4.06. The van der Waals surface area contributed by atoms with Gasteiger partial charge < -0.3 is 0 Å². The van der Waals surface area contributed by atoms with Crippen LogP contribution in [0.4, 0.5) is 0 Å². The van der Waals surface area contributed by atoms with Gasteiger partial charge in [-0.25, -0.2) is 0 Å². The van der Waals surface area contributed by atoms with Gasteiger partial charge in [-0.05, 0) is 41.7 Å². The van der Waals surface area contributed by atoms with Crippen molar-refractivity contribution in [3.63, 3.8) is 0 Å². The number of hydrogen-bond donors (Lipinski definition) is 0. The highest BCUT2D eigenvalue weighted by molar-refractivity contribution is 5.78. The zero-order valence-corrected chi connectivity index (χ0v) is 11.8. The van der Waals surface area contributed by atoms with E-state index >= 15 is 0 Å². The van der Waals surface area contributed by atoms with E-state index in [0.29, 0.717) is 0 Å². The molecule has 2 aromatic rings. The maximum Gasteiger partial charge on any atom is -0.0106 e. The number of benzene rings is 2. The molecule has 0 spiro atoms. The lowest BCUT2D eigenvalue weighted by atomic mass is 9.93. The Morgan fingerprint density at radius 1 is 0.778 bits per heavy atom. The molecule has 0 saturated carbocycles. The van der Waals surface area contributed by atoms with Gasteiger partial charge >= 0.3 is 0 Å². The highest BCUT2D eigenvalue weighted by Crippen LogP contribution is 2.29. The van der Waals surface area contributed by atoms with E-state index in [2.05, 4.69) is 62.9 Å². The SMILES string of the molecule is C=Cc1c(C)cccc1-c1ccccc1C.CC. The Morgan fingerprint density at radius 2 is 1.33 bits per heavy atom. The van der Waals surface area contributed by atoms with Gasteiger partial charge in [0.15, 0.2) is 0 Å². The fraction of sp³-hybridized carbons (Fsp3) is 0.222. The summed E-state index contributed by atoms with van der Waals surface area (Å²) in [5.74, 6) is 0. The van der Waals surface area contributed by atoms with Crippen molar-refractivity contribution in [2.45, 2.75) is 27.7 Å². The Hall–Kier alpha value is -1.82. The van der Waals surface area contributed by atoms with E-state index in [9.17, 15) is 0 Å². The standard InChI is InChI=1S/C16H16.C2H6/c1-4-14-12(2)9-7-11-16(14)15-10-6-5-8-13(15)3;1-2/h4-11H,1H2,2-3H3;1-2H3. The summed E-state index contributed by atoms with van der Waals surface area (Å²) in [5, 5.41) is 0.